The second-order valence-corrected chi connectivity index (χ2v) is 8.41. The molecular weight excluding hydrogens is 394 g/mol. The molecule has 1 atom stereocenters. The van der Waals surface area contributed by atoms with Crippen molar-refractivity contribution in [3.8, 4) is 0 Å². The van der Waals surface area contributed by atoms with Gasteiger partial charge < -0.3 is 15.0 Å². The maximum atomic E-state index is 12.6. The van der Waals surface area contributed by atoms with Crippen molar-refractivity contribution in [1.29, 1.82) is 0 Å². The number of thiophene rings is 1. The Morgan fingerprint density at radius 2 is 1.80 bits per heavy atom. The molecule has 3 aromatic rings. The lowest BCUT2D eigenvalue weighted by Gasteiger charge is -2.28. The van der Waals surface area contributed by atoms with E-state index in [4.69, 9.17) is 4.74 Å². The van der Waals surface area contributed by atoms with Crippen LogP contribution in [0.1, 0.15) is 22.0 Å². The van der Waals surface area contributed by atoms with Gasteiger partial charge in [-0.1, -0.05) is 35.9 Å². The molecule has 2 heterocycles. The van der Waals surface area contributed by atoms with Crippen molar-refractivity contribution in [2.45, 2.75) is 13.0 Å². The predicted octanol–water partition coefficient (Wildman–Crippen LogP) is 4.21. The van der Waals surface area contributed by atoms with Crippen LogP contribution < -0.4 is 15.5 Å². The number of ether oxygens (including phenoxy) is 1. The smallest absolute Gasteiger partial charge is 0.238 e. The number of anilines is 2. The van der Waals surface area contributed by atoms with Crippen LogP contribution in [-0.4, -0.2) is 38.8 Å². The Balaban J connectivity index is 1.36. The van der Waals surface area contributed by atoms with Crippen LogP contribution in [0.25, 0.3) is 0 Å². The first-order chi connectivity index (χ1) is 14.7. The molecule has 0 saturated carbocycles. The molecule has 2 N–H and O–H groups in total. The second kappa shape index (κ2) is 9.89. The molecule has 0 aliphatic carbocycles. The summed E-state index contributed by atoms with van der Waals surface area (Å²) in [4.78, 5) is 16.1. The lowest BCUT2D eigenvalue weighted by Crippen LogP contribution is -2.36. The van der Waals surface area contributed by atoms with Crippen LogP contribution in [-0.2, 0) is 9.53 Å². The zero-order valence-electron chi connectivity index (χ0n) is 17.1. The lowest BCUT2D eigenvalue weighted by molar-refractivity contribution is -0.115. The van der Waals surface area contributed by atoms with Crippen molar-refractivity contribution in [2.75, 3.05) is 43.1 Å². The summed E-state index contributed by atoms with van der Waals surface area (Å²) < 4.78 is 5.40. The number of aryl methyl sites for hydroxylation is 1. The Labute approximate surface area is 181 Å². The minimum atomic E-state index is -0.0530. The van der Waals surface area contributed by atoms with E-state index in [1.807, 2.05) is 18.2 Å². The van der Waals surface area contributed by atoms with Gasteiger partial charge in [-0.2, -0.15) is 0 Å². The highest BCUT2D eigenvalue weighted by Gasteiger charge is 2.16. The third-order valence-corrected chi connectivity index (χ3v) is 6.17. The summed E-state index contributed by atoms with van der Waals surface area (Å²) in [5, 5.41) is 8.47. The van der Waals surface area contributed by atoms with E-state index in [0.717, 1.165) is 43.2 Å². The largest absolute Gasteiger partial charge is 0.378 e. The van der Waals surface area contributed by atoms with Crippen LogP contribution in [0, 0.1) is 6.92 Å². The molecule has 5 nitrogen and oxygen atoms in total. The molecule has 0 bridgehead atoms. The zero-order valence-corrected chi connectivity index (χ0v) is 18.0. The number of hydrogen-bond donors (Lipinski definition) is 2. The van der Waals surface area contributed by atoms with Gasteiger partial charge in [0.15, 0.2) is 0 Å². The zero-order chi connectivity index (χ0) is 20.8. The van der Waals surface area contributed by atoms with Crippen LogP contribution in [0.3, 0.4) is 0 Å². The standard InChI is InChI=1S/C24H27N3O2S/c1-18-4-6-19(7-5-18)24(22-3-2-16-30-22)25-17-23(28)26-20-8-10-21(11-9-20)27-12-14-29-15-13-27/h2-11,16,24-25H,12-15,17H2,1H3,(H,26,28). The van der Waals surface area contributed by atoms with E-state index >= 15 is 0 Å². The van der Waals surface area contributed by atoms with E-state index in [2.05, 4.69) is 70.3 Å². The first-order valence-electron chi connectivity index (χ1n) is 10.2. The van der Waals surface area contributed by atoms with Crippen molar-refractivity contribution in [3.05, 3.63) is 82.0 Å². The number of rotatable bonds is 7. The van der Waals surface area contributed by atoms with Crippen LogP contribution >= 0.6 is 11.3 Å². The highest BCUT2D eigenvalue weighted by Crippen LogP contribution is 2.26. The van der Waals surface area contributed by atoms with Crippen molar-refractivity contribution in [1.82, 2.24) is 5.32 Å². The Morgan fingerprint density at radius 1 is 1.07 bits per heavy atom. The summed E-state index contributed by atoms with van der Waals surface area (Å²) in [6.07, 6.45) is 0. The van der Waals surface area contributed by atoms with Gasteiger partial charge >= 0.3 is 0 Å². The van der Waals surface area contributed by atoms with Gasteiger partial charge in [0.2, 0.25) is 5.91 Å². The number of nitrogens with one attached hydrogen (secondary N) is 2. The van der Waals surface area contributed by atoms with Crippen LogP contribution in [0.2, 0.25) is 0 Å². The Hall–Kier alpha value is -2.67. The van der Waals surface area contributed by atoms with Crippen LogP contribution in [0.15, 0.2) is 66.0 Å². The number of nitrogens with zero attached hydrogens (tertiary/aromatic N) is 1. The average Bonchev–Trinajstić information content (AvgIpc) is 3.31. The Bertz CT molecular complexity index is 934. The van der Waals surface area contributed by atoms with Crippen molar-refractivity contribution < 1.29 is 9.53 Å². The third-order valence-electron chi connectivity index (χ3n) is 5.23. The average molecular weight is 422 g/mol. The molecule has 1 saturated heterocycles. The van der Waals surface area contributed by atoms with Crippen LogP contribution in [0.4, 0.5) is 11.4 Å². The molecule has 4 rings (SSSR count). The molecule has 1 aliphatic heterocycles. The molecular formula is C24H27N3O2S. The monoisotopic (exact) mass is 421 g/mol. The summed E-state index contributed by atoms with van der Waals surface area (Å²) in [6.45, 7) is 5.64. The highest BCUT2D eigenvalue weighted by atomic mass is 32.1. The quantitative estimate of drug-likeness (QED) is 0.600. The SMILES string of the molecule is Cc1ccc(C(NCC(=O)Nc2ccc(N3CCOCC3)cc2)c2cccs2)cc1. The number of carbonyl (C=O) groups excluding carboxylic acids is 1. The highest BCUT2D eigenvalue weighted by molar-refractivity contribution is 7.10. The van der Waals surface area contributed by atoms with Gasteiger partial charge in [-0.25, -0.2) is 0 Å². The van der Waals surface area contributed by atoms with E-state index in [1.54, 1.807) is 11.3 Å². The number of amides is 1. The topological polar surface area (TPSA) is 53.6 Å². The molecule has 1 unspecified atom stereocenters. The summed E-state index contributed by atoms with van der Waals surface area (Å²) in [6, 6.07) is 20.6. The van der Waals surface area contributed by atoms with Gasteiger partial charge in [0, 0.05) is 29.3 Å². The molecule has 30 heavy (non-hydrogen) atoms. The van der Waals surface area contributed by atoms with E-state index in [-0.39, 0.29) is 18.5 Å². The number of morpholine rings is 1. The molecule has 1 aromatic heterocycles. The number of hydrogen-bond acceptors (Lipinski definition) is 5. The lowest BCUT2D eigenvalue weighted by atomic mass is 10.0. The van der Waals surface area contributed by atoms with E-state index in [1.165, 1.54) is 10.4 Å². The second-order valence-electron chi connectivity index (χ2n) is 7.43. The number of carbonyl (C=O) groups is 1. The normalized spacial score (nSPS) is 15.0. The van der Waals surface area contributed by atoms with Crippen molar-refractivity contribution in [2.24, 2.45) is 0 Å². The third kappa shape index (κ3) is 5.27. The molecule has 6 heteroatoms. The summed E-state index contributed by atoms with van der Waals surface area (Å²) in [5.74, 6) is -0.0530. The Kier molecular flexibility index (Phi) is 6.79. The molecule has 2 aromatic carbocycles. The summed E-state index contributed by atoms with van der Waals surface area (Å²) in [7, 11) is 0. The van der Waals surface area contributed by atoms with Gasteiger partial charge in [0.05, 0.1) is 25.8 Å². The van der Waals surface area contributed by atoms with Gasteiger partial charge in [-0.05, 0) is 48.2 Å². The van der Waals surface area contributed by atoms with Crippen LogP contribution in [0.5, 0.6) is 0 Å². The summed E-state index contributed by atoms with van der Waals surface area (Å²) in [5.41, 5.74) is 4.35. The first-order valence-corrected chi connectivity index (χ1v) is 11.1. The fraction of sp³-hybridized carbons (Fsp3) is 0.292. The van der Waals surface area contributed by atoms with E-state index in [0.29, 0.717) is 0 Å². The Morgan fingerprint density at radius 3 is 2.47 bits per heavy atom. The molecule has 1 fully saturated rings. The summed E-state index contributed by atoms with van der Waals surface area (Å²) >= 11 is 1.69. The molecule has 1 aliphatic rings. The van der Waals surface area contributed by atoms with E-state index in [9.17, 15) is 4.79 Å². The van der Waals surface area contributed by atoms with Crippen molar-refractivity contribution in [3.63, 3.8) is 0 Å². The van der Waals surface area contributed by atoms with Crippen molar-refractivity contribution >= 4 is 28.6 Å². The van der Waals surface area contributed by atoms with E-state index < -0.39 is 0 Å². The minimum Gasteiger partial charge on any atom is -0.378 e. The molecule has 0 spiro atoms. The maximum Gasteiger partial charge on any atom is 0.238 e. The molecule has 1 amide bonds. The first kappa shape index (κ1) is 20.6. The fourth-order valence-corrected chi connectivity index (χ4v) is 4.40. The number of benzene rings is 2. The van der Waals surface area contributed by atoms with Gasteiger partial charge in [0.1, 0.15) is 0 Å². The molecule has 156 valence electrons. The maximum absolute atomic E-state index is 12.6. The van der Waals surface area contributed by atoms with Gasteiger partial charge in [-0.3, -0.25) is 10.1 Å². The predicted molar refractivity (Wildman–Crippen MR) is 123 cm³/mol. The van der Waals surface area contributed by atoms with Gasteiger partial charge in [-0.15, -0.1) is 11.3 Å². The van der Waals surface area contributed by atoms with Gasteiger partial charge in [0.25, 0.3) is 0 Å². The fourth-order valence-electron chi connectivity index (χ4n) is 3.57. The minimum absolute atomic E-state index is 0.0000430. The molecule has 0 radical (unpaired) electrons.